The molecule has 0 fully saturated rings. The SMILES string of the molecule is CCCOC(=O)SC(=S)N(C)C. The fourth-order valence-electron chi connectivity index (χ4n) is 0.377. The minimum atomic E-state index is -0.324. The zero-order valence-corrected chi connectivity index (χ0v) is 9.13. The number of thiocarbonyl (C=S) groups is 1. The molecule has 0 aromatic heterocycles. The van der Waals surface area contributed by atoms with Crippen molar-refractivity contribution in [1.29, 1.82) is 0 Å². The normalized spacial score (nSPS) is 9.25. The first-order valence-corrected chi connectivity index (χ1v) is 4.86. The summed E-state index contributed by atoms with van der Waals surface area (Å²) in [6.07, 6.45) is 0.834. The van der Waals surface area contributed by atoms with Crippen LogP contribution >= 0.6 is 24.0 Å². The Labute approximate surface area is 82.4 Å². The molecule has 12 heavy (non-hydrogen) atoms. The van der Waals surface area contributed by atoms with Crippen molar-refractivity contribution in [2.24, 2.45) is 0 Å². The van der Waals surface area contributed by atoms with E-state index in [1.54, 1.807) is 19.0 Å². The summed E-state index contributed by atoms with van der Waals surface area (Å²) in [7, 11) is 3.59. The first-order chi connectivity index (χ1) is 5.57. The molecule has 0 N–H and O–H groups in total. The number of carbonyl (C=O) groups excluding carboxylic acids is 1. The third-order valence-corrected chi connectivity index (χ3v) is 2.40. The highest BCUT2D eigenvalue weighted by Crippen LogP contribution is 2.10. The molecule has 0 bridgehead atoms. The van der Waals surface area contributed by atoms with E-state index in [1.165, 1.54) is 0 Å². The average Bonchev–Trinajstić information content (AvgIpc) is 2.00. The Bertz CT molecular complexity index is 171. The van der Waals surface area contributed by atoms with Gasteiger partial charge in [0, 0.05) is 25.9 Å². The minimum absolute atomic E-state index is 0.324. The summed E-state index contributed by atoms with van der Waals surface area (Å²) in [6.45, 7) is 2.41. The van der Waals surface area contributed by atoms with Gasteiger partial charge in [-0.25, -0.2) is 4.79 Å². The van der Waals surface area contributed by atoms with E-state index >= 15 is 0 Å². The summed E-state index contributed by atoms with van der Waals surface area (Å²) in [6, 6.07) is 0. The minimum Gasteiger partial charge on any atom is -0.457 e. The highest BCUT2D eigenvalue weighted by Gasteiger charge is 2.08. The Hall–Kier alpha value is -0.290. The molecule has 0 aliphatic heterocycles. The van der Waals surface area contributed by atoms with Gasteiger partial charge < -0.3 is 9.64 Å². The monoisotopic (exact) mass is 207 g/mol. The van der Waals surface area contributed by atoms with Gasteiger partial charge in [0.15, 0.2) is 0 Å². The second kappa shape index (κ2) is 6.25. The zero-order valence-electron chi connectivity index (χ0n) is 7.49. The van der Waals surface area contributed by atoms with Crippen LogP contribution in [0.3, 0.4) is 0 Å². The summed E-state index contributed by atoms with van der Waals surface area (Å²) in [5, 5.41) is -0.324. The Morgan fingerprint density at radius 3 is 2.58 bits per heavy atom. The Morgan fingerprint density at radius 1 is 1.58 bits per heavy atom. The predicted octanol–water partition coefficient (Wildman–Crippen LogP) is 2.11. The summed E-state index contributed by atoms with van der Waals surface area (Å²) in [5.41, 5.74) is 0. The molecule has 0 aliphatic rings. The van der Waals surface area contributed by atoms with Crippen molar-refractivity contribution in [1.82, 2.24) is 4.90 Å². The van der Waals surface area contributed by atoms with Gasteiger partial charge in [0.05, 0.1) is 6.61 Å². The summed E-state index contributed by atoms with van der Waals surface area (Å²) in [4.78, 5) is 12.6. The number of hydrogen-bond acceptors (Lipinski definition) is 4. The van der Waals surface area contributed by atoms with Gasteiger partial charge in [0.2, 0.25) is 0 Å². The van der Waals surface area contributed by atoms with Crippen molar-refractivity contribution in [3.63, 3.8) is 0 Å². The number of carbonyl (C=O) groups is 1. The van der Waals surface area contributed by atoms with Crippen molar-refractivity contribution in [3.8, 4) is 0 Å². The molecule has 0 heterocycles. The number of rotatable bonds is 2. The molecule has 0 unspecified atom stereocenters. The van der Waals surface area contributed by atoms with Gasteiger partial charge in [0.25, 0.3) is 0 Å². The van der Waals surface area contributed by atoms with Gasteiger partial charge in [-0.3, -0.25) is 0 Å². The maximum atomic E-state index is 10.9. The Morgan fingerprint density at radius 2 is 2.17 bits per heavy atom. The van der Waals surface area contributed by atoms with Gasteiger partial charge in [-0.2, -0.15) is 0 Å². The summed E-state index contributed by atoms with van der Waals surface area (Å²) < 4.78 is 5.35. The van der Waals surface area contributed by atoms with Crippen molar-refractivity contribution < 1.29 is 9.53 Å². The van der Waals surface area contributed by atoms with Crippen molar-refractivity contribution in [2.45, 2.75) is 13.3 Å². The smallest absolute Gasteiger partial charge is 0.374 e. The van der Waals surface area contributed by atoms with E-state index < -0.39 is 0 Å². The molecular weight excluding hydrogens is 194 g/mol. The maximum Gasteiger partial charge on any atom is 0.374 e. The van der Waals surface area contributed by atoms with Crippen LogP contribution in [0.4, 0.5) is 4.79 Å². The van der Waals surface area contributed by atoms with Gasteiger partial charge in [-0.05, 0) is 6.42 Å². The van der Waals surface area contributed by atoms with Crippen LogP contribution in [-0.4, -0.2) is 35.2 Å². The van der Waals surface area contributed by atoms with E-state index in [1.807, 2.05) is 6.92 Å². The molecule has 0 aliphatic carbocycles. The molecule has 5 heteroatoms. The van der Waals surface area contributed by atoms with Gasteiger partial charge in [-0.1, -0.05) is 19.1 Å². The largest absolute Gasteiger partial charge is 0.457 e. The molecular formula is C7H13NO2S2. The van der Waals surface area contributed by atoms with Crippen LogP contribution in [0, 0.1) is 0 Å². The fourth-order valence-corrected chi connectivity index (χ4v) is 1.05. The molecule has 0 spiro atoms. The van der Waals surface area contributed by atoms with Crippen LogP contribution in [0.5, 0.6) is 0 Å². The van der Waals surface area contributed by atoms with Crippen LogP contribution in [0.25, 0.3) is 0 Å². The van der Waals surface area contributed by atoms with Gasteiger partial charge >= 0.3 is 5.30 Å². The third-order valence-electron chi connectivity index (χ3n) is 0.960. The topological polar surface area (TPSA) is 29.5 Å². The van der Waals surface area contributed by atoms with E-state index in [9.17, 15) is 4.79 Å². The zero-order chi connectivity index (χ0) is 9.56. The second-order valence-corrected chi connectivity index (χ2v) is 3.93. The van der Waals surface area contributed by atoms with E-state index in [0.29, 0.717) is 10.9 Å². The highest BCUT2D eigenvalue weighted by molar-refractivity contribution is 8.32. The molecule has 0 saturated carbocycles. The lowest BCUT2D eigenvalue weighted by atomic mass is 10.5. The maximum absolute atomic E-state index is 10.9. The van der Waals surface area contributed by atoms with Crippen LogP contribution in [-0.2, 0) is 4.74 Å². The lowest BCUT2D eigenvalue weighted by molar-refractivity contribution is 0.175. The molecule has 3 nitrogen and oxygen atoms in total. The molecule has 0 atom stereocenters. The van der Waals surface area contributed by atoms with Crippen LogP contribution < -0.4 is 0 Å². The fraction of sp³-hybridized carbons (Fsp3) is 0.714. The number of hydrogen-bond donors (Lipinski definition) is 0. The first kappa shape index (κ1) is 11.7. The third kappa shape index (κ3) is 5.37. The van der Waals surface area contributed by atoms with Gasteiger partial charge in [-0.15, -0.1) is 0 Å². The average molecular weight is 207 g/mol. The second-order valence-electron chi connectivity index (χ2n) is 2.36. The van der Waals surface area contributed by atoms with Gasteiger partial charge in [0.1, 0.15) is 4.32 Å². The predicted molar refractivity (Wildman–Crippen MR) is 55.5 cm³/mol. The van der Waals surface area contributed by atoms with Crippen molar-refractivity contribution >= 4 is 33.6 Å². The quantitative estimate of drug-likeness (QED) is 0.511. The first-order valence-electron chi connectivity index (χ1n) is 3.63. The lowest BCUT2D eigenvalue weighted by Crippen LogP contribution is -2.18. The van der Waals surface area contributed by atoms with E-state index in [2.05, 4.69) is 0 Å². The van der Waals surface area contributed by atoms with Crippen LogP contribution in [0.1, 0.15) is 13.3 Å². The molecule has 0 saturated heterocycles. The highest BCUT2D eigenvalue weighted by atomic mass is 32.2. The van der Waals surface area contributed by atoms with Crippen LogP contribution in [0.15, 0.2) is 0 Å². The summed E-state index contributed by atoms with van der Waals surface area (Å²) in [5.74, 6) is 0. The lowest BCUT2D eigenvalue weighted by Gasteiger charge is -2.11. The summed E-state index contributed by atoms with van der Waals surface area (Å²) >= 11 is 5.84. The van der Waals surface area contributed by atoms with Crippen LogP contribution in [0.2, 0.25) is 0 Å². The Balaban J connectivity index is 3.62. The number of ether oxygens (including phenoxy) is 1. The molecule has 0 radical (unpaired) electrons. The molecule has 0 rings (SSSR count). The Kier molecular flexibility index (Phi) is 6.10. The van der Waals surface area contributed by atoms with Crippen molar-refractivity contribution in [2.75, 3.05) is 20.7 Å². The van der Waals surface area contributed by atoms with Crippen molar-refractivity contribution in [3.05, 3.63) is 0 Å². The van der Waals surface area contributed by atoms with E-state index in [4.69, 9.17) is 17.0 Å². The molecule has 0 aromatic rings. The van der Waals surface area contributed by atoms with E-state index in [-0.39, 0.29) is 5.30 Å². The molecule has 0 amide bonds. The standard InChI is InChI=1S/C7H13NO2S2/c1-4-5-10-7(9)12-6(11)8(2)3/h4-5H2,1-3H3. The number of thioether (sulfide) groups is 1. The molecule has 0 aromatic carbocycles. The number of nitrogens with zero attached hydrogens (tertiary/aromatic N) is 1. The molecule has 70 valence electrons. The van der Waals surface area contributed by atoms with E-state index in [0.717, 1.165) is 18.2 Å².